The Labute approximate surface area is 131 Å². The minimum Gasteiger partial charge on any atom is -0.466 e. The lowest BCUT2D eigenvalue weighted by Crippen LogP contribution is -2.40. The molecular weight excluding hydrogens is 306 g/mol. The minimum absolute atomic E-state index is 0.135. The van der Waals surface area contributed by atoms with E-state index >= 15 is 0 Å². The Morgan fingerprint density at radius 3 is 2.64 bits per heavy atom. The van der Waals surface area contributed by atoms with Crippen LogP contribution in [0.2, 0.25) is 0 Å². The highest BCUT2D eigenvalue weighted by molar-refractivity contribution is 7.77. The number of benzene rings is 1. The summed E-state index contributed by atoms with van der Waals surface area (Å²) in [4.78, 5) is 24.2. The van der Waals surface area contributed by atoms with Crippen molar-refractivity contribution in [1.82, 2.24) is 4.31 Å². The van der Waals surface area contributed by atoms with Gasteiger partial charge in [-0.2, -0.15) is 0 Å². The summed E-state index contributed by atoms with van der Waals surface area (Å²) >= 11 is -2.45. The number of amides is 1. The zero-order valence-corrected chi connectivity index (χ0v) is 12.9. The van der Waals surface area contributed by atoms with Gasteiger partial charge in [-0.25, -0.2) is 8.51 Å². The number of hydrogen-bond acceptors (Lipinski definition) is 4. The molecule has 3 atom stereocenters. The molecule has 1 N–H and O–H groups in total. The standard InChI is InChI=1S/C15H17NO5S/c1-2-21-14(17)10-13-12(11-6-4-3-5-7-11)8-9-16(15(13)18)22(19)20/h3-9,12-13H,2,10H2,1H3,(H,19,20)/t12-,13+/m1/s1. The number of rotatable bonds is 5. The van der Waals surface area contributed by atoms with Crippen molar-refractivity contribution in [2.75, 3.05) is 6.61 Å². The van der Waals surface area contributed by atoms with Gasteiger partial charge in [-0.15, -0.1) is 0 Å². The lowest BCUT2D eigenvalue weighted by molar-refractivity contribution is -0.147. The summed E-state index contributed by atoms with van der Waals surface area (Å²) < 4.78 is 26.0. The molecule has 22 heavy (non-hydrogen) atoms. The number of allylic oxidation sites excluding steroid dienone is 1. The first kappa shape index (κ1) is 16.4. The molecule has 0 spiro atoms. The van der Waals surface area contributed by atoms with Crippen molar-refractivity contribution in [2.45, 2.75) is 19.3 Å². The van der Waals surface area contributed by atoms with Gasteiger partial charge in [0.15, 0.2) is 0 Å². The monoisotopic (exact) mass is 323 g/mol. The van der Waals surface area contributed by atoms with E-state index in [2.05, 4.69) is 0 Å². The molecule has 1 amide bonds. The third kappa shape index (κ3) is 3.61. The normalized spacial score (nSPS) is 22.5. The van der Waals surface area contributed by atoms with Crippen molar-refractivity contribution in [3.8, 4) is 0 Å². The van der Waals surface area contributed by atoms with E-state index in [1.807, 2.05) is 30.3 Å². The molecule has 1 aromatic carbocycles. The second-order valence-corrected chi connectivity index (χ2v) is 5.64. The van der Waals surface area contributed by atoms with Crippen LogP contribution in [-0.4, -0.2) is 31.6 Å². The predicted molar refractivity (Wildman–Crippen MR) is 80.7 cm³/mol. The van der Waals surface area contributed by atoms with Crippen molar-refractivity contribution in [2.24, 2.45) is 5.92 Å². The summed E-state index contributed by atoms with van der Waals surface area (Å²) in [5.74, 6) is -2.16. The van der Waals surface area contributed by atoms with E-state index in [1.54, 1.807) is 13.0 Å². The molecule has 0 radical (unpaired) electrons. The van der Waals surface area contributed by atoms with E-state index in [9.17, 15) is 13.8 Å². The van der Waals surface area contributed by atoms with Gasteiger partial charge in [-0.3, -0.25) is 14.1 Å². The zero-order valence-electron chi connectivity index (χ0n) is 12.0. The van der Waals surface area contributed by atoms with E-state index in [0.717, 1.165) is 9.87 Å². The SMILES string of the molecule is CCOC(=O)C[C@@H]1C(=O)N(S(=O)O)C=C[C@@H]1c1ccccc1. The van der Waals surface area contributed by atoms with Gasteiger partial charge in [-0.05, 0) is 12.5 Å². The van der Waals surface area contributed by atoms with Crippen LogP contribution in [0, 0.1) is 5.92 Å². The van der Waals surface area contributed by atoms with E-state index in [4.69, 9.17) is 9.29 Å². The molecule has 0 aliphatic carbocycles. The Morgan fingerprint density at radius 1 is 1.36 bits per heavy atom. The Kier molecular flexibility index (Phi) is 5.46. The van der Waals surface area contributed by atoms with Crippen LogP contribution < -0.4 is 0 Å². The highest BCUT2D eigenvalue weighted by Crippen LogP contribution is 2.34. The largest absolute Gasteiger partial charge is 0.466 e. The summed E-state index contributed by atoms with van der Waals surface area (Å²) in [6.45, 7) is 1.91. The lowest BCUT2D eigenvalue weighted by atomic mass is 9.82. The van der Waals surface area contributed by atoms with Crippen LogP contribution in [0.25, 0.3) is 0 Å². The molecule has 0 bridgehead atoms. The van der Waals surface area contributed by atoms with Gasteiger partial charge < -0.3 is 4.74 Å². The third-order valence-electron chi connectivity index (χ3n) is 3.44. The smallest absolute Gasteiger partial charge is 0.306 e. The maximum absolute atomic E-state index is 12.4. The van der Waals surface area contributed by atoms with Gasteiger partial charge >= 0.3 is 5.97 Å². The highest BCUT2D eigenvalue weighted by atomic mass is 32.2. The van der Waals surface area contributed by atoms with Crippen LogP contribution in [0.3, 0.4) is 0 Å². The molecule has 1 heterocycles. The van der Waals surface area contributed by atoms with E-state index in [0.29, 0.717) is 0 Å². The maximum Gasteiger partial charge on any atom is 0.306 e. The Balaban J connectivity index is 2.32. The number of ether oxygens (including phenoxy) is 1. The summed E-state index contributed by atoms with van der Waals surface area (Å²) in [7, 11) is 0. The van der Waals surface area contributed by atoms with Gasteiger partial charge in [0, 0.05) is 12.1 Å². The Hall–Kier alpha value is -1.99. The van der Waals surface area contributed by atoms with Crippen molar-refractivity contribution in [3.63, 3.8) is 0 Å². The molecule has 6 nitrogen and oxygen atoms in total. The molecular formula is C15H17NO5S. The minimum atomic E-state index is -2.45. The van der Waals surface area contributed by atoms with E-state index in [-0.39, 0.29) is 18.9 Å². The molecule has 1 unspecified atom stereocenters. The average Bonchev–Trinajstić information content (AvgIpc) is 2.50. The van der Waals surface area contributed by atoms with Gasteiger partial charge in [0.2, 0.25) is 5.91 Å². The van der Waals surface area contributed by atoms with Crippen LogP contribution in [0.15, 0.2) is 42.6 Å². The first-order valence-corrected chi connectivity index (χ1v) is 7.94. The summed E-state index contributed by atoms with van der Waals surface area (Å²) in [5.41, 5.74) is 0.866. The highest BCUT2D eigenvalue weighted by Gasteiger charge is 2.38. The second kappa shape index (κ2) is 7.33. The summed E-state index contributed by atoms with van der Waals surface area (Å²) in [6.07, 6.45) is 2.82. The van der Waals surface area contributed by atoms with Crippen LogP contribution in [0.4, 0.5) is 0 Å². The van der Waals surface area contributed by atoms with Crippen LogP contribution >= 0.6 is 0 Å². The quantitative estimate of drug-likeness (QED) is 0.660. The van der Waals surface area contributed by atoms with Gasteiger partial charge in [0.1, 0.15) is 0 Å². The number of nitrogens with zero attached hydrogens (tertiary/aromatic N) is 1. The molecule has 1 aromatic rings. The number of esters is 1. The van der Waals surface area contributed by atoms with Crippen LogP contribution in [0.1, 0.15) is 24.8 Å². The molecule has 2 rings (SSSR count). The molecule has 118 valence electrons. The summed E-state index contributed by atoms with van der Waals surface area (Å²) in [6, 6.07) is 9.24. The number of hydrogen-bond donors (Lipinski definition) is 1. The van der Waals surface area contributed by atoms with Crippen LogP contribution in [0.5, 0.6) is 0 Å². The van der Waals surface area contributed by atoms with Gasteiger partial charge in [-0.1, -0.05) is 36.4 Å². The molecule has 0 saturated heterocycles. The molecule has 0 saturated carbocycles. The first-order chi connectivity index (χ1) is 10.5. The third-order valence-corrected chi connectivity index (χ3v) is 4.08. The zero-order chi connectivity index (χ0) is 16.1. The predicted octanol–water partition coefficient (Wildman–Crippen LogP) is 1.83. The van der Waals surface area contributed by atoms with Gasteiger partial charge in [0.25, 0.3) is 11.3 Å². The molecule has 1 aliphatic rings. The van der Waals surface area contributed by atoms with Crippen molar-refractivity contribution in [1.29, 1.82) is 0 Å². The molecule has 1 aliphatic heterocycles. The average molecular weight is 323 g/mol. The fourth-order valence-electron chi connectivity index (χ4n) is 2.46. The van der Waals surface area contributed by atoms with E-state index in [1.165, 1.54) is 6.20 Å². The fourth-order valence-corrected chi connectivity index (χ4v) is 2.92. The fraction of sp³-hybridized carbons (Fsp3) is 0.333. The Morgan fingerprint density at radius 2 is 2.05 bits per heavy atom. The number of carbonyl (C=O) groups is 2. The molecule has 0 fully saturated rings. The van der Waals surface area contributed by atoms with Crippen molar-refractivity contribution < 1.29 is 23.1 Å². The van der Waals surface area contributed by atoms with Crippen LogP contribution in [-0.2, 0) is 25.6 Å². The maximum atomic E-state index is 12.4. The topological polar surface area (TPSA) is 83.9 Å². The van der Waals surface area contributed by atoms with E-state index < -0.39 is 29.1 Å². The summed E-state index contributed by atoms with van der Waals surface area (Å²) in [5, 5.41) is 0. The molecule has 7 heteroatoms. The van der Waals surface area contributed by atoms with Gasteiger partial charge in [0.05, 0.1) is 18.9 Å². The Bertz CT molecular complexity index is 601. The lowest BCUT2D eigenvalue weighted by Gasteiger charge is -2.30. The second-order valence-electron chi connectivity index (χ2n) is 4.79. The van der Waals surface area contributed by atoms with Crippen molar-refractivity contribution in [3.05, 3.63) is 48.2 Å². The number of carbonyl (C=O) groups excluding carboxylic acids is 2. The molecule has 0 aromatic heterocycles. The van der Waals surface area contributed by atoms with Crippen molar-refractivity contribution >= 4 is 23.1 Å². The first-order valence-electron chi connectivity index (χ1n) is 6.87.